The van der Waals surface area contributed by atoms with Crippen LogP contribution in [0.15, 0.2) is 97.6 Å². The van der Waals surface area contributed by atoms with Crippen molar-refractivity contribution in [2.45, 2.75) is 0 Å². The van der Waals surface area contributed by atoms with Crippen molar-refractivity contribution in [3.63, 3.8) is 0 Å². The summed E-state index contributed by atoms with van der Waals surface area (Å²) in [6, 6.07) is 24.0. The van der Waals surface area contributed by atoms with Crippen molar-refractivity contribution >= 4 is 43.9 Å². The maximum Gasteiger partial charge on any atom is 0.0980 e. The predicted molar refractivity (Wildman–Crippen MR) is 134 cm³/mol. The Labute approximate surface area is 194 Å². The zero-order chi connectivity index (χ0) is 22.5. The molecular weight excluding hydrogens is 420 g/mol. The first-order valence-electron chi connectivity index (χ1n) is 11.0. The first-order chi connectivity index (χ1) is 16.8. The Morgan fingerprint density at radius 2 is 0.853 bits per heavy atom. The first-order valence-corrected chi connectivity index (χ1v) is 11.0. The highest BCUT2D eigenvalue weighted by Gasteiger charge is 2.12. The van der Waals surface area contributed by atoms with Gasteiger partial charge in [0.05, 0.1) is 44.5 Å². The quantitative estimate of drug-likeness (QED) is 0.309. The van der Waals surface area contributed by atoms with E-state index in [1.54, 1.807) is 24.8 Å². The minimum atomic E-state index is 0.833. The summed E-state index contributed by atoms with van der Waals surface area (Å²) in [5.74, 6) is 0. The van der Waals surface area contributed by atoms with Gasteiger partial charge in [-0.05, 0) is 48.5 Å². The number of aromatic nitrogens is 6. The highest BCUT2D eigenvalue weighted by molar-refractivity contribution is 6.05. The summed E-state index contributed by atoms with van der Waals surface area (Å²) in [5, 5.41) is 2.06. The van der Waals surface area contributed by atoms with E-state index in [1.165, 1.54) is 0 Å². The Morgan fingerprint density at radius 3 is 1.35 bits per heavy atom. The third-order valence-electron chi connectivity index (χ3n) is 6.06. The molecule has 0 bridgehead atoms. The topological polar surface area (TPSA) is 77.3 Å². The molecule has 7 aromatic rings. The number of hydrogen-bond acceptors (Lipinski definition) is 6. The standard InChI is InChI=1S/C28H16N6/c1-3-23-27(31-13-1)19(11-15-29-23)21-9-7-17-5-6-18-8-10-22(34-26(18)25(17)33-21)20-12-16-30-24-4-2-14-32-28(20)24/h1-16H. The van der Waals surface area contributed by atoms with Crippen LogP contribution in [0.3, 0.4) is 0 Å². The van der Waals surface area contributed by atoms with Crippen molar-refractivity contribution in [3.05, 3.63) is 97.6 Å². The third-order valence-corrected chi connectivity index (χ3v) is 6.06. The minimum Gasteiger partial charge on any atom is -0.255 e. The van der Waals surface area contributed by atoms with Crippen LogP contribution in [-0.2, 0) is 0 Å². The second-order valence-corrected chi connectivity index (χ2v) is 8.06. The molecule has 158 valence electrons. The number of benzene rings is 1. The lowest BCUT2D eigenvalue weighted by Gasteiger charge is -2.10. The van der Waals surface area contributed by atoms with Gasteiger partial charge in [0.25, 0.3) is 0 Å². The van der Waals surface area contributed by atoms with Crippen molar-refractivity contribution in [2.75, 3.05) is 0 Å². The maximum atomic E-state index is 5.06. The molecule has 0 unspecified atom stereocenters. The van der Waals surface area contributed by atoms with E-state index in [4.69, 9.17) is 9.97 Å². The van der Waals surface area contributed by atoms with Gasteiger partial charge in [0.2, 0.25) is 0 Å². The Morgan fingerprint density at radius 1 is 0.382 bits per heavy atom. The normalized spacial score (nSPS) is 11.5. The molecule has 0 atom stereocenters. The third kappa shape index (κ3) is 2.89. The van der Waals surface area contributed by atoms with Gasteiger partial charge < -0.3 is 0 Å². The summed E-state index contributed by atoms with van der Waals surface area (Å²) < 4.78 is 0. The average molecular weight is 436 g/mol. The van der Waals surface area contributed by atoms with Crippen LogP contribution in [-0.4, -0.2) is 29.9 Å². The molecule has 6 heterocycles. The Kier molecular flexibility index (Phi) is 4.04. The molecule has 7 rings (SSSR count). The molecule has 0 amide bonds. The number of nitrogens with zero attached hydrogens (tertiary/aromatic N) is 6. The van der Waals surface area contributed by atoms with E-state index in [0.29, 0.717) is 0 Å². The van der Waals surface area contributed by atoms with Gasteiger partial charge in [0, 0.05) is 46.7 Å². The van der Waals surface area contributed by atoms with Crippen molar-refractivity contribution in [2.24, 2.45) is 0 Å². The minimum absolute atomic E-state index is 0.833. The first kappa shape index (κ1) is 18.7. The van der Waals surface area contributed by atoms with E-state index >= 15 is 0 Å². The molecule has 0 fully saturated rings. The zero-order valence-electron chi connectivity index (χ0n) is 17.9. The van der Waals surface area contributed by atoms with E-state index < -0.39 is 0 Å². The number of rotatable bonds is 2. The van der Waals surface area contributed by atoms with Gasteiger partial charge in [0.15, 0.2) is 0 Å². The van der Waals surface area contributed by atoms with E-state index in [2.05, 4.69) is 44.2 Å². The van der Waals surface area contributed by atoms with Crippen LogP contribution in [0.2, 0.25) is 0 Å². The second kappa shape index (κ2) is 7.35. The molecule has 0 saturated carbocycles. The molecule has 0 saturated heterocycles. The van der Waals surface area contributed by atoms with Crippen LogP contribution in [0.4, 0.5) is 0 Å². The van der Waals surface area contributed by atoms with Gasteiger partial charge in [-0.25, -0.2) is 9.97 Å². The lowest BCUT2D eigenvalue weighted by molar-refractivity contribution is 1.31. The summed E-state index contributed by atoms with van der Waals surface area (Å²) in [5.41, 5.74) is 8.64. The molecule has 1 aromatic carbocycles. The molecule has 6 aromatic heterocycles. The van der Waals surface area contributed by atoms with Gasteiger partial charge in [-0.15, -0.1) is 0 Å². The van der Waals surface area contributed by atoms with Crippen LogP contribution in [0.1, 0.15) is 0 Å². The summed E-state index contributed by atoms with van der Waals surface area (Å²) in [4.78, 5) is 28.1. The summed E-state index contributed by atoms with van der Waals surface area (Å²) in [7, 11) is 0. The fourth-order valence-corrected chi connectivity index (χ4v) is 4.44. The molecule has 6 heteroatoms. The van der Waals surface area contributed by atoms with Crippen LogP contribution >= 0.6 is 0 Å². The van der Waals surface area contributed by atoms with E-state index in [1.807, 2.05) is 48.5 Å². The van der Waals surface area contributed by atoms with Crippen LogP contribution in [0.25, 0.3) is 66.4 Å². The lowest BCUT2D eigenvalue weighted by Crippen LogP contribution is -1.93. The van der Waals surface area contributed by atoms with Crippen molar-refractivity contribution in [1.29, 1.82) is 0 Å². The number of fused-ring (bicyclic) bond motifs is 5. The van der Waals surface area contributed by atoms with E-state index in [0.717, 1.165) is 66.4 Å². The molecule has 0 radical (unpaired) electrons. The highest BCUT2D eigenvalue weighted by atomic mass is 14.8. The lowest BCUT2D eigenvalue weighted by atomic mass is 10.0. The Bertz CT molecular complexity index is 1730. The predicted octanol–water partition coefficient (Wildman–Crippen LogP) is 6.00. The Balaban J connectivity index is 1.49. The van der Waals surface area contributed by atoms with E-state index in [9.17, 15) is 0 Å². The molecule has 0 N–H and O–H groups in total. The maximum absolute atomic E-state index is 5.06. The molecule has 0 spiro atoms. The van der Waals surface area contributed by atoms with Crippen molar-refractivity contribution in [1.82, 2.24) is 29.9 Å². The zero-order valence-corrected chi connectivity index (χ0v) is 17.9. The fourth-order valence-electron chi connectivity index (χ4n) is 4.44. The van der Waals surface area contributed by atoms with Gasteiger partial charge in [-0.2, -0.15) is 0 Å². The molecule has 6 nitrogen and oxygen atoms in total. The number of pyridine rings is 6. The summed E-state index contributed by atoms with van der Waals surface area (Å²) in [6.07, 6.45) is 7.16. The van der Waals surface area contributed by atoms with Gasteiger partial charge >= 0.3 is 0 Å². The molecule has 34 heavy (non-hydrogen) atoms. The Hall–Kier alpha value is -4.84. The van der Waals surface area contributed by atoms with Crippen LogP contribution < -0.4 is 0 Å². The molecule has 0 aliphatic rings. The van der Waals surface area contributed by atoms with Gasteiger partial charge in [0.1, 0.15) is 0 Å². The summed E-state index contributed by atoms with van der Waals surface area (Å²) >= 11 is 0. The number of hydrogen-bond donors (Lipinski definition) is 0. The fraction of sp³-hybridized carbons (Fsp3) is 0. The van der Waals surface area contributed by atoms with Crippen LogP contribution in [0, 0.1) is 0 Å². The average Bonchev–Trinajstić information content (AvgIpc) is 2.92. The van der Waals surface area contributed by atoms with Crippen LogP contribution in [0.5, 0.6) is 0 Å². The SMILES string of the molecule is c1cnc2c(-c3ccc4ccc5ccc(-c6ccnc7cccnc67)nc5c4n3)ccnc2c1. The molecule has 0 aliphatic heterocycles. The molecular formula is C28H16N6. The van der Waals surface area contributed by atoms with Gasteiger partial charge in [-0.1, -0.05) is 24.3 Å². The smallest absolute Gasteiger partial charge is 0.0980 e. The summed E-state index contributed by atoms with van der Waals surface area (Å²) in [6.45, 7) is 0. The monoisotopic (exact) mass is 436 g/mol. The van der Waals surface area contributed by atoms with E-state index in [-0.39, 0.29) is 0 Å². The van der Waals surface area contributed by atoms with Crippen molar-refractivity contribution in [3.8, 4) is 22.5 Å². The second-order valence-electron chi connectivity index (χ2n) is 8.06. The largest absolute Gasteiger partial charge is 0.255 e. The highest BCUT2D eigenvalue weighted by Crippen LogP contribution is 2.31. The van der Waals surface area contributed by atoms with Crippen molar-refractivity contribution < 1.29 is 0 Å². The molecule has 0 aliphatic carbocycles. The van der Waals surface area contributed by atoms with Gasteiger partial charge in [-0.3, -0.25) is 19.9 Å².